The maximum absolute atomic E-state index is 12.3. The van der Waals surface area contributed by atoms with Crippen LogP contribution in [0.4, 0.5) is 10.5 Å². The summed E-state index contributed by atoms with van der Waals surface area (Å²) in [7, 11) is 0. The van der Waals surface area contributed by atoms with Gasteiger partial charge in [0, 0.05) is 17.6 Å². The van der Waals surface area contributed by atoms with Crippen molar-refractivity contribution >= 4 is 11.7 Å². The average Bonchev–Trinajstić information content (AvgIpc) is 2.26. The summed E-state index contributed by atoms with van der Waals surface area (Å²) in [6.07, 6.45) is 0.543. The van der Waals surface area contributed by atoms with Gasteiger partial charge in [0.05, 0.1) is 11.3 Å². The normalized spacial score (nSPS) is 22.9. The Morgan fingerprint density at radius 1 is 1.37 bits per heavy atom. The third-order valence-electron chi connectivity index (χ3n) is 3.32. The van der Waals surface area contributed by atoms with E-state index in [0.29, 0.717) is 13.0 Å². The number of anilines is 1. The number of carbonyl (C=O) groups is 1. The molecular weight excluding hydrogens is 240 g/mol. The van der Waals surface area contributed by atoms with Crippen LogP contribution in [-0.4, -0.2) is 23.2 Å². The molecule has 2 N–H and O–H groups in total. The first kappa shape index (κ1) is 13.9. The predicted octanol–water partition coefficient (Wildman–Crippen LogP) is 2.61. The first-order valence-corrected chi connectivity index (χ1v) is 6.62. The first-order chi connectivity index (χ1) is 8.71. The minimum absolute atomic E-state index is 0.115. The van der Waals surface area contributed by atoms with Gasteiger partial charge in [-0.05, 0) is 40.2 Å². The monoisotopic (exact) mass is 262 g/mol. The van der Waals surface area contributed by atoms with E-state index in [-0.39, 0.29) is 11.6 Å². The number of urea groups is 1. The van der Waals surface area contributed by atoms with Crippen LogP contribution < -0.4 is 10.2 Å². The lowest BCUT2D eigenvalue weighted by atomic mass is 9.87. The smallest absolute Gasteiger partial charge is 0.322 e. The molecule has 0 saturated carbocycles. The molecule has 1 unspecified atom stereocenters. The third kappa shape index (κ3) is 2.89. The van der Waals surface area contributed by atoms with Gasteiger partial charge in [0.2, 0.25) is 0 Å². The Kier molecular flexibility index (Phi) is 3.31. The van der Waals surface area contributed by atoms with E-state index in [9.17, 15) is 9.90 Å². The topological polar surface area (TPSA) is 52.6 Å². The molecule has 1 aliphatic rings. The van der Waals surface area contributed by atoms with E-state index >= 15 is 0 Å². The molecule has 4 heteroatoms. The van der Waals surface area contributed by atoms with Crippen LogP contribution in [0.25, 0.3) is 0 Å². The summed E-state index contributed by atoms with van der Waals surface area (Å²) < 4.78 is 0. The summed E-state index contributed by atoms with van der Waals surface area (Å²) in [5.41, 5.74) is 0.465. The molecule has 0 bridgehead atoms. The van der Waals surface area contributed by atoms with Crippen LogP contribution >= 0.6 is 0 Å². The highest BCUT2D eigenvalue weighted by Gasteiger charge is 2.35. The van der Waals surface area contributed by atoms with Crippen molar-refractivity contribution in [2.45, 2.75) is 45.3 Å². The van der Waals surface area contributed by atoms with Gasteiger partial charge in [0.15, 0.2) is 0 Å². The predicted molar refractivity (Wildman–Crippen MR) is 76.3 cm³/mol. The Balaban J connectivity index is 2.33. The maximum atomic E-state index is 12.3. The fourth-order valence-corrected chi connectivity index (χ4v) is 2.35. The quantitative estimate of drug-likeness (QED) is 0.755. The van der Waals surface area contributed by atoms with Gasteiger partial charge < -0.3 is 10.4 Å². The molecule has 0 radical (unpaired) electrons. The molecule has 2 amide bonds. The minimum Gasteiger partial charge on any atom is -0.385 e. The van der Waals surface area contributed by atoms with Crippen molar-refractivity contribution in [1.82, 2.24) is 5.32 Å². The van der Waals surface area contributed by atoms with Crippen molar-refractivity contribution in [3.05, 3.63) is 29.8 Å². The highest BCUT2D eigenvalue weighted by atomic mass is 16.3. The zero-order chi connectivity index (χ0) is 14.3. The van der Waals surface area contributed by atoms with Crippen LogP contribution in [0.5, 0.6) is 0 Å². The summed E-state index contributed by atoms with van der Waals surface area (Å²) in [6, 6.07) is 7.42. The van der Waals surface area contributed by atoms with E-state index < -0.39 is 5.60 Å². The average molecular weight is 262 g/mol. The molecule has 0 aromatic heterocycles. The zero-order valence-electron chi connectivity index (χ0n) is 12.0. The van der Waals surface area contributed by atoms with Crippen LogP contribution in [0, 0.1) is 0 Å². The molecule has 1 aliphatic heterocycles. The number of hydrogen-bond donors (Lipinski definition) is 2. The van der Waals surface area contributed by atoms with E-state index in [4.69, 9.17) is 0 Å². The molecule has 104 valence electrons. The van der Waals surface area contributed by atoms with Crippen LogP contribution in [0.15, 0.2) is 24.3 Å². The Labute approximate surface area is 114 Å². The molecule has 1 heterocycles. The summed E-state index contributed by atoms with van der Waals surface area (Å²) in [4.78, 5) is 14.0. The number of nitrogens with one attached hydrogen (secondary N) is 1. The third-order valence-corrected chi connectivity index (χ3v) is 3.32. The molecule has 4 nitrogen and oxygen atoms in total. The summed E-state index contributed by atoms with van der Waals surface area (Å²) in [6.45, 7) is 8.18. The fraction of sp³-hybridized carbons (Fsp3) is 0.533. The summed E-state index contributed by atoms with van der Waals surface area (Å²) in [5, 5.41) is 13.4. The van der Waals surface area contributed by atoms with Gasteiger partial charge in [-0.3, -0.25) is 4.90 Å². The fourth-order valence-electron chi connectivity index (χ4n) is 2.35. The van der Waals surface area contributed by atoms with Crippen molar-refractivity contribution < 1.29 is 9.90 Å². The van der Waals surface area contributed by atoms with Crippen molar-refractivity contribution in [2.75, 3.05) is 11.4 Å². The second-order valence-corrected chi connectivity index (χ2v) is 6.37. The second kappa shape index (κ2) is 4.53. The number of hydrogen-bond acceptors (Lipinski definition) is 2. The molecule has 1 atom stereocenters. The Morgan fingerprint density at radius 2 is 2.00 bits per heavy atom. The van der Waals surface area contributed by atoms with Gasteiger partial charge >= 0.3 is 6.03 Å². The largest absolute Gasteiger partial charge is 0.385 e. The lowest BCUT2D eigenvalue weighted by Gasteiger charge is -2.39. The van der Waals surface area contributed by atoms with Gasteiger partial charge in [-0.1, -0.05) is 18.2 Å². The van der Waals surface area contributed by atoms with Gasteiger partial charge in [-0.15, -0.1) is 0 Å². The van der Waals surface area contributed by atoms with E-state index in [2.05, 4.69) is 5.32 Å². The number of aliphatic hydroxyl groups is 1. The van der Waals surface area contributed by atoms with Crippen molar-refractivity contribution in [2.24, 2.45) is 0 Å². The number of carbonyl (C=O) groups excluding carboxylic acids is 1. The molecule has 0 spiro atoms. The van der Waals surface area contributed by atoms with Gasteiger partial charge in [0.1, 0.15) is 0 Å². The van der Waals surface area contributed by atoms with E-state index in [0.717, 1.165) is 11.3 Å². The minimum atomic E-state index is -0.866. The van der Waals surface area contributed by atoms with Crippen LogP contribution in [0.3, 0.4) is 0 Å². The Morgan fingerprint density at radius 3 is 2.63 bits per heavy atom. The molecular formula is C15H22N2O2. The van der Waals surface area contributed by atoms with Crippen LogP contribution in [0.1, 0.15) is 39.7 Å². The van der Waals surface area contributed by atoms with Crippen molar-refractivity contribution in [1.29, 1.82) is 0 Å². The Hall–Kier alpha value is -1.55. The van der Waals surface area contributed by atoms with Gasteiger partial charge in [0.25, 0.3) is 0 Å². The molecule has 0 aliphatic carbocycles. The molecule has 0 saturated heterocycles. The number of para-hydroxylation sites is 1. The summed E-state index contributed by atoms with van der Waals surface area (Å²) >= 11 is 0. The van der Waals surface area contributed by atoms with E-state index in [1.807, 2.05) is 45.0 Å². The molecule has 19 heavy (non-hydrogen) atoms. The van der Waals surface area contributed by atoms with Crippen LogP contribution in [-0.2, 0) is 5.60 Å². The zero-order valence-corrected chi connectivity index (χ0v) is 12.0. The Bertz CT molecular complexity index is 489. The number of fused-ring (bicyclic) bond motifs is 1. The SMILES string of the molecule is CC(C)(C)NC(=O)N1CCC(C)(O)c2ccccc21. The lowest BCUT2D eigenvalue weighted by molar-refractivity contribution is 0.0463. The van der Waals surface area contributed by atoms with E-state index in [1.165, 1.54) is 0 Å². The highest BCUT2D eigenvalue weighted by Crippen LogP contribution is 2.37. The molecule has 2 rings (SSSR count). The number of nitrogens with zero attached hydrogens (tertiary/aromatic N) is 1. The van der Waals surface area contributed by atoms with Crippen molar-refractivity contribution in [3.63, 3.8) is 0 Å². The molecule has 1 aromatic rings. The second-order valence-electron chi connectivity index (χ2n) is 6.37. The number of benzene rings is 1. The summed E-state index contributed by atoms with van der Waals surface area (Å²) in [5.74, 6) is 0. The van der Waals surface area contributed by atoms with Gasteiger partial charge in [-0.2, -0.15) is 0 Å². The molecule has 0 fully saturated rings. The highest BCUT2D eigenvalue weighted by molar-refractivity contribution is 5.94. The maximum Gasteiger partial charge on any atom is 0.322 e. The van der Waals surface area contributed by atoms with Crippen molar-refractivity contribution in [3.8, 4) is 0 Å². The standard InChI is InChI=1S/C15H22N2O2/c1-14(2,3)16-13(18)17-10-9-15(4,19)11-7-5-6-8-12(11)17/h5-8,19H,9-10H2,1-4H3,(H,16,18). The first-order valence-electron chi connectivity index (χ1n) is 6.62. The van der Waals surface area contributed by atoms with Gasteiger partial charge in [-0.25, -0.2) is 4.79 Å². The van der Waals surface area contributed by atoms with E-state index in [1.54, 1.807) is 11.8 Å². The number of amides is 2. The molecule has 1 aromatic carbocycles. The lowest BCUT2D eigenvalue weighted by Crippen LogP contribution is -2.51. The number of rotatable bonds is 0. The van der Waals surface area contributed by atoms with Crippen LogP contribution in [0.2, 0.25) is 0 Å².